The summed E-state index contributed by atoms with van der Waals surface area (Å²) in [6, 6.07) is 6.34. The van der Waals surface area contributed by atoms with Gasteiger partial charge < -0.3 is 4.98 Å². The molecule has 21 heavy (non-hydrogen) atoms. The molecule has 3 rings (SSSR count). The maximum Gasteiger partial charge on any atom is 0.147 e. The number of aromatic amines is 1. The molecule has 1 aromatic carbocycles. The minimum atomic E-state index is 0.804. The van der Waals surface area contributed by atoms with E-state index in [4.69, 9.17) is 0 Å². The lowest BCUT2D eigenvalue weighted by Gasteiger charge is -2.05. The highest BCUT2D eigenvalue weighted by molar-refractivity contribution is 5.75. The van der Waals surface area contributed by atoms with Crippen molar-refractivity contribution in [1.82, 2.24) is 24.7 Å². The molecule has 0 spiro atoms. The topological polar surface area (TPSA) is 59.4 Å². The Kier molecular flexibility index (Phi) is 3.73. The summed E-state index contributed by atoms with van der Waals surface area (Å²) in [4.78, 5) is 12.3. The van der Waals surface area contributed by atoms with Gasteiger partial charge in [0.2, 0.25) is 0 Å². The van der Waals surface area contributed by atoms with Crippen molar-refractivity contribution >= 4 is 11.0 Å². The first kappa shape index (κ1) is 13.8. The van der Waals surface area contributed by atoms with E-state index in [0.29, 0.717) is 0 Å². The van der Waals surface area contributed by atoms with Crippen LogP contribution >= 0.6 is 0 Å². The summed E-state index contributed by atoms with van der Waals surface area (Å²) in [5, 5.41) is 4.50. The quantitative estimate of drug-likeness (QED) is 0.782. The van der Waals surface area contributed by atoms with Gasteiger partial charge in [-0.3, -0.25) is 0 Å². The first-order chi connectivity index (χ1) is 10.2. The predicted molar refractivity (Wildman–Crippen MR) is 83.3 cm³/mol. The van der Waals surface area contributed by atoms with Crippen LogP contribution in [0, 0.1) is 13.8 Å². The highest BCUT2D eigenvalue weighted by Crippen LogP contribution is 2.16. The Bertz CT molecular complexity index is 753. The number of nitrogens with one attached hydrogen (secondary N) is 1. The number of aromatic nitrogens is 5. The van der Waals surface area contributed by atoms with Crippen LogP contribution in [0.3, 0.4) is 0 Å². The average molecular weight is 283 g/mol. The summed E-state index contributed by atoms with van der Waals surface area (Å²) in [6.07, 6.45) is 3.10. The van der Waals surface area contributed by atoms with Gasteiger partial charge in [0.05, 0.1) is 11.0 Å². The van der Waals surface area contributed by atoms with Crippen molar-refractivity contribution in [3.8, 4) is 0 Å². The second kappa shape index (κ2) is 5.68. The van der Waals surface area contributed by atoms with Gasteiger partial charge in [0.1, 0.15) is 17.5 Å². The summed E-state index contributed by atoms with van der Waals surface area (Å²) in [5.41, 5.74) is 3.33. The number of fused-ring (bicyclic) bond motifs is 1. The maximum absolute atomic E-state index is 4.57. The number of hydrogen-bond donors (Lipinski definition) is 1. The normalized spacial score (nSPS) is 11.4. The lowest BCUT2D eigenvalue weighted by atomic mass is 10.1. The molecule has 3 aromatic rings. The molecule has 0 radical (unpaired) electrons. The third-order valence-electron chi connectivity index (χ3n) is 3.60. The second-order valence-electron chi connectivity index (χ2n) is 5.50. The van der Waals surface area contributed by atoms with Crippen LogP contribution in [0.4, 0.5) is 0 Å². The van der Waals surface area contributed by atoms with E-state index in [1.54, 1.807) is 0 Å². The molecule has 0 fully saturated rings. The van der Waals surface area contributed by atoms with Gasteiger partial charge in [0.15, 0.2) is 0 Å². The van der Waals surface area contributed by atoms with E-state index in [0.717, 1.165) is 54.3 Å². The van der Waals surface area contributed by atoms with Gasteiger partial charge in [-0.25, -0.2) is 14.6 Å². The van der Waals surface area contributed by atoms with Crippen LogP contribution in [0.15, 0.2) is 18.2 Å². The summed E-state index contributed by atoms with van der Waals surface area (Å²) < 4.78 is 2.04. The minimum Gasteiger partial charge on any atom is -0.342 e. The summed E-state index contributed by atoms with van der Waals surface area (Å²) in [7, 11) is 0. The summed E-state index contributed by atoms with van der Waals surface area (Å²) in [5.74, 6) is 2.83. The lowest BCUT2D eigenvalue weighted by molar-refractivity contribution is 0.548. The molecule has 0 atom stereocenters. The molecule has 5 heteroatoms. The Morgan fingerprint density at radius 1 is 1.19 bits per heavy atom. The number of rotatable bonds is 5. The van der Waals surface area contributed by atoms with E-state index in [-0.39, 0.29) is 0 Å². The van der Waals surface area contributed by atoms with Gasteiger partial charge in [-0.15, -0.1) is 0 Å². The molecule has 0 amide bonds. The molecule has 0 aliphatic carbocycles. The zero-order chi connectivity index (χ0) is 14.8. The molecule has 0 aliphatic rings. The Morgan fingerprint density at radius 2 is 2.05 bits per heavy atom. The number of hydrogen-bond acceptors (Lipinski definition) is 3. The van der Waals surface area contributed by atoms with Crippen molar-refractivity contribution in [3.63, 3.8) is 0 Å². The molecule has 110 valence electrons. The number of nitrogens with zero attached hydrogens (tertiary/aromatic N) is 4. The fourth-order valence-electron chi connectivity index (χ4n) is 2.59. The van der Waals surface area contributed by atoms with Gasteiger partial charge in [0.25, 0.3) is 0 Å². The zero-order valence-corrected chi connectivity index (χ0v) is 12.8. The van der Waals surface area contributed by atoms with E-state index in [1.165, 1.54) is 5.56 Å². The lowest BCUT2D eigenvalue weighted by Crippen LogP contribution is -2.06. The largest absolute Gasteiger partial charge is 0.342 e. The highest BCUT2D eigenvalue weighted by atomic mass is 15.3. The van der Waals surface area contributed by atoms with Crippen molar-refractivity contribution in [1.29, 1.82) is 0 Å². The summed E-state index contributed by atoms with van der Waals surface area (Å²) in [6.45, 7) is 7.06. The molecule has 0 bridgehead atoms. The minimum absolute atomic E-state index is 0.804. The fraction of sp³-hybridized carbons (Fsp3) is 0.438. The zero-order valence-electron chi connectivity index (χ0n) is 12.8. The van der Waals surface area contributed by atoms with Gasteiger partial charge in [-0.1, -0.05) is 19.4 Å². The van der Waals surface area contributed by atoms with Crippen molar-refractivity contribution in [2.24, 2.45) is 0 Å². The van der Waals surface area contributed by atoms with Crippen LogP contribution in [-0.4, -0.2) is 24.7 Å². The predicted octanol–water partition coefficient (Wildman–Crippen LogP) is 3.16. The van der Waals surface area contributed by atoms with Crippen molar-refractivity contribution in [2.45, 2.75) is 46.6 Å². The molecular formula is C16H21N5. The van der Waals surface area contributed by atoms with Gasteiger partial charge in [0, 0.05) is 13.0 Å². The van der Waals surface area contributed by atoms with Crippen molar-refractivity contribution < 1.29 is 0 Å². The number of aryl methyl sites for hydroxylation is 3. The standard InChI is InChI=1S/C16H21N5/c1-4-5-8-21-16(19-12(3)20-21)10-13-6-7-14-15(9-13)18-11(2)17-14/h6-7,9H,4-5,8,10H2,1-3H3,(H,17,18). The monoisotopic (exact) mass is 283 g/mol. The van der Waals surface area contributed by atoms with E-state index < -0.39 is 0 Å². The molecular weight excluding hydrogens is 262 g/mol. The van der Waals surface area contributed by atoms with Crippen LogP contribution in [0.1, 0.15) is 42.8 Å². The molecule has 5 nitrogen and oxygen atoms in total. The van der Waals surface area contributed by atoms with E-state index in [9.17, 15) is 0 Å². The van der Waals surface area contributed by atoms with Crippen LogP contribution in [0.2, 0.25) is 0 Å². The molecule has 1 N–H and O–H groups in total. The Morgan fingerprint density at radius 3 is 2.86 bits per heavy atom. The molecule has 0 aliphatic heterocycles. The first-order valence-corrected chi connectivity index (χ1v) is 7.51. The summed E-state index contributed by atoms with van der Waals surface area (Å²) >= 11 is 0. The fourth-order valence-corrected chi connectivity index (χ4v) is 2.59. The Labute approximate surface area is 124 Å². The van der Waals surface area contributed by atoms with Crippen LogP contribution in [0.5, 0.6) is 0 Å². The van der Waals surface area contributed by atoms with Gasteiger partial charge in [-0.2, -0.15) is 5.10 Å². The van der Waals surface area contributed by atoms with Crippen LogP contribution < -0.4 is 0 Å². The van der Waals surface area contributed by atoms with E-state index in [1.807, 2.05) is 18.5 Å². The van der Waals surface area contributed by atoms with Crippen molar-refractivity contribution in [2.75, 3.05) is 0 Å². The smallest absolute Gasteiger partial charge is 0.147 e. The maximum atomic E-state index is 4.57. The van der Waals surface area contributed by atoms with Crippen LogP contribution in [0.25, 0.3) is 11.0 Å². The first-order valence-electron chi connectivity index (χ1n) is 7.51. The third-order valence-corrected chi connectivity index (χ3v) is 3.60. The number of H-pyrrole nitrogens is 1. The molecule has 2 aromatic heterocycles. The average Bonchev–Trinajstić information content (AvgIpc) is 2.98. The van der Waals surface area contributed by atoms with Gasteiger partial charge >= 0.3 is 0 Å². The highest BCUT2D eigenvalue weighted by Gasteiger charge is 2.09. The molecule has 0 saturated heterocycles. The van der Waals surface area contributed by atoms with Gasteiger partial charge in [-0.05, 0) is 38.0 Å². The molecule has 2 heterocycles. The number of unbranched alkanes of at least 4 members (excludes halogenated alkanes) is 1. The molecule has 0 saturated carbocycles. The SMILES string of the molecule is CCCCn1nc(C)nc1Cc1ccc2nc(C)[nH]c2c1. The Balaban J connectivity index is 1.87. The Hall–Kier alpha value is -2.17. The van der Waals surface area contributed by atoms with Crippen molar-refractivity contribution in [3.05, 3.63) is 41.2 Å². The van der Waals surface area contributed by atoms with E-state index >= 15 is 0 Å². The third kappa shape index (κ3) is 2.96. The number of benzene rings is 1. The van der Waals surface area contributed by atoms with Crippen LogP contribution in [-0.2, 0) is 13.0 Å². The molecule has 0 unspecified atom stereocenters. The number of imidazole rings is 1. The van der Waals surface area contributed by atoms with E-state index in [2.05, 4.69) is 45.2 Å². The second-order valence-corrected chi connectivity index (χ2v) is 5.50.